The van der Waals surface area contributed by atoms with Crippen molar-refractivity contribution < 1.29 is 89.4 Å². The zero-order valence-corrected chi connectivity index (χ0v) is 57.5. The number of hydrogen-bond acceptors (Lipinski definition) is 18. The lowest BCUT2D eigenvalue weighted by Crippen LogP contribution is -2.66. The molecule has 0 aromatic heterocycles. The molecule has 3 heterocycles. The van der Waals surface area contributed by atoms with Gasteiger partial charge in [0, 0.05) is 6.42 Å². The van der Waals surface area contributed by atoms with E-state index in [1.165, 1.54) is 44.9 Å². The van der Waals surface area contributed by atoms with Crippen molar-refractivity contribution in [2.24, 2.45) is 0 Å². The number of amides is 1. The van der Waals surface area contributed by atoms with Gasteiger partial charge in [0.15, 0.2) is 18.9 Å². The van der Waals surface area contributed by atoms with Gasteiger partial charge >= 0.3 is 0 Å². The highest BCUT2D eigenvalue weighted by atomic mass is 16.8. The first-order valence-corrected chi connectivity index (χ1v) is 35.7. The fourth-order valence-corrected chi connectivity index (χ4v) is 10.8. The predicted octanol–water partition coefficient (Wildman–Crippen LogP) is 10.1. The summed E-state index contributed by atoms with van der Waals surface area (Å²) in [6.45, 7) is 1.53. The molecule has 3 saturated heterocycles. The molecule has 0 aromatic carbocycles. The summed E-state index contributed by atoms with van der Waals surface area (Å²) in [5.74, 6) is -0.326. The molecule has 0 bridgehead atoms. The Bertz CT molecular complexity index is 2360. The van der Waals surface area contributed by atoms with Crippen LogP contribution in [0.1, 0.15) is 187 Å². The third-order valence-corrected chi connectivity index (χ3v) is 16.6. The molecular weight excluding hydrogens is 1230 g/mol. The Labute approximate surface area is 574 Å². The normalized spacial score (nSPS) is 28.0. The van der Waals surface area contributed by atoms with Crippen LogP contribution < -0.4 is 5.32 Å². The predicted molar refractivity (Wildman–Crippen MR) is 378 cm³/mol. The van der Waals surface area contributed by atoms with Gasteiger partial charge in [0.1, 0.15) is 73.2 Å². The molecule has 19 heteroatoms. The third kappa shape index (κ3) is 37.0. The average molecular weight is 1350 g/mol. The van der Waals surface area contributed by atoms with Crippen LogP contribution in [0.15, 0.2) is 158 Å². The van der Waals surface area contributed by atoms with Gasteiger partial charge in [-0.15, -0.1) is 0 Å². The van der Waals surface area contributed by atoms with Crippen LogP contribution in [0, 0.1) is 0 Å². The minimum absolute atomic E-state index is 0.177. The number of rotatable bonds is 52. The quantitative estimate of drug-likeness (QED) is 0.0199. The van der Waals surface area contributed by atoms with E-state index in [-0.39, 0.29) is 18.9 Å². The molecule has 0 aromatic rings. The Morgan fingerprint density at radius 2 is 0.719 bits per heavy atom. The summed E-state index contributed by atoms with van der Waals surface area (Å²) in [7, 11) is 0. The number of carbonyl (C=O) groups excluding carboxylic acids is 1. The molecular formula is C77H123NO18. The molecule has 3 rings (SSSR count). The standard InChI is InChI=1S/C77H123NO18/c1-3-5-7-9-11-13-15-17-18-19-20-21-22-23-24-25-26-27-28-29-30-31-32-33-34-35-36-37-38-39-40-41-42-43-45-47-49-51-53-55-65(83)78-60(61(82)54-52-50-48-46-44-16-14-12-10-8-6-4-2)59-91-75-71(89)68(86)73(63(57-80)93-75)96-77-72(90)69(87)74(64(58-81)94-77)95-76-70(88)67(85)66(84)62(56-79)92-76/h5,7,11,13,17-18,20-21,23-24,26-27,29-30,32-33,35-36,38-39,41-42,45,47,52,54,60-64,66-77,79-82,84-90H,3-4,6,8-10,12,14-16,19,22,25,28,31,34,37,40,43-44,46,48-51,53,55-59H2,1-2H3,(H,78,83)/b7-5-,13-11-,18-17-,21-20-,24-23-,27-26-,30-29-,33-32-,36-35-,39-38-,42-41-,47-45-,54-52+. The average Bonchev–Trinajstić information content (AvgIpc) is 0.787. The zero-order valence-electron chi connectivity index (χ0n) is 57.5. The summed E-state index contributed by atoms with van der Waals surface area (Å²) >= 11 is 0. The highest BCUT2D eigenvalue weighted by Gasteiger charge is 2.53. The number of hydrogen-bond donors (Lipinski definition) is 12. The van der Waals surface area contributed by atoms with Crippen LogP contribution in [0.25, 0.3) is 0 Å². The van der Waals surface area contributed by atoms with Crippen LogP contribution in [0.4, 0.5) is 0 Å². The monoisotopic (exact) mass is 1350 g/mol. The third-order valence-electron chi connectivity index (χ3n) is 16.6. The summed E-state index contributed by atoms with van der Waals surface area (Å²) in [6.07, 6.45) is 55.2. The van der Waals surface area contributed by atoms with Crippen LogP contribution in [-0.4, -0.2) is 193 Å². The maximum atomic E-state index is 13.4. The molecule has 1 amide bonds. The van der Waals surface area contributed by atoms with Gasteiger partial charge < -0.3 is 89.9 Å². The second-order valence-corrected chi connectivity index (χ2v) is 24.6. The Balaban J connectivity index is 1.37. The largest absolute Gasteiger partial charge is 0.394 e. The molecule has 0 aliphatic carbocycles. The smallest absolute Gasteiger partial charge is 0.220 e. The SMILES string of the molecule is CC/C=C\C/C=C\C/C=C\C/C=C\C/C=C\C/C=C\C/C=C\C/C=C\C/C=C\C/C=C\C/C=C\C/C=C\CCCCC(=O)NC(COC1OC(CO)C(OC2OC(CO)C(OC3OC(CO)C(O)C(O)C3O)C(O)C2O)C(O)C1O)C(O)/C=C/CCCCCCCCCCCC. The molecule has 544 valence electrons. The van der Waals surface area contributed by atoms with Crippen molar-refractivity contribution in [3.05, 3.63) is 158 Å². The first-order valence-electron chi connectivity index (χ1n) is 35.7. The number of allylic oxidation sites excluding steroid dienone is 25. The van der Waals surface area contributed by atoms with Gasteiger partial charge in [-0.25, -0.2) is 0 Å². The van der Waals surface area contributed by atoms with E-state index >= 15 is 0 Å². The Hall–Kier alpha value is -4.59. The van der Waals surface area contributed by atoms with Crippen LogP contribution >= 0.6 is 0 Å². The highest BCUT2D eigenvalue weighted by Crippen LogP contribution is 2.33. The molecule has 12 N–H and O–H groups in total. The summed E-state index contributed by atoms with van der Waals surface area (Å²) in [5, 5.41) is 120. The van der Waals surface area contributed by atoms with Crippen LogP contribution in [0.5, 0.6) is 0 Å². The molecule has 17 unspecified atom stereocenters. The summed E-state index contributed by atoms with van der Waals surface area (Å²) < 4.78 is 34.3. The van der Waals surface area contributed by atoms with Crippen molar-refractivity contribution in [3.63, 3.8) is 0 Å². The molecule has 0 spiro atoms. The van der Waals surface area contributed by atoms with Crippen molar-refractivity contribution in [2.45, 2.75) is 291 Å². The van der Waals surface area contributed by atoms with Crippen molar-refractivity contribution in [3.8, 4) is 0 Å². The van der Waals surface area contributed by atoms with Gasteiger partial charge in [-0.05, 0) is 109 Å². The van der Waals surface area contributed by atoms with Crippen LogP contribution in [-0.2, 0) is 33.2 Å². The Morgan fingerprint density at radius 3 is 1.12 bits per heavy atom. The molecule has 17 atom stereocenters. The molecule has 0 saturated carbocycles. The number of nitrogens with one attached hydrogen (secondary N) is 1. The van der Waals surface area contributed by atoms with E-state index in [4.69, 9.17) is 28.4 Å². The maximum Gasteiger partial charge on any atom is 0.220 e. The second kappa shape index (κ2) is 56.2. The van der Waals surface area contributed by atoms with E-state index in [0.717, 1.165) is 116 Å². The summed E-state index contributed by atoms with van der Waals surface area (Å²) in [5.41, 5.74) is 0. The first kappa shape index (κ1) is 85.6. The van der Waals surface area contributed by atoms with E-state index in [1.807, 2.05) is 6.08 Å². The molecule has 0 radical (unpaired) electrons. The van der Waals surface area contributed by atoms with E-state index in [1.54, 1.807) is 6.08 Å². The van der Waals surface area contributed by atoms with E-state index in [2.05, 4.69) is 165 Å². The zero-order chi connectivity index (χ0) is 69.6. The second-order valence-electron chi connectivity index (χ2n) is 24.6. The van der Waals surface area contributed by atoms with Crippen molar-refractivity contribution >= 4 is 5.91 Å². The van der Waals surface area contributed by atoms with Crippen LogP contribution in [0.3, 0.4) is 0 Å². The number of aliphatic hydroxyl groups excluding tert-OH is 11. The lowest BCUT2D eigenvalue weighted by atomic mass is 9.96. The molecule has 3 fully saturated rings. The van der Waals surface area contributed by atoms with Gasteiger partial charge in [0.2, 0.25) is 5.91 Å². The summed E-state index contributed by atoms with van der Waals surface area (Å²) in [6, 6.07) is -1.01. The minimum atomic E-state index is -1.99. The van der Waals surface area contributed by atoms with E-state index in [9.17, 15) is 61.0 Å². The van der Waals surface area contributed by atoms with Crippen molar-refractivity contribution in [1.82, 2.24) is 5.32 Å². The maximum absolute atomic E-state index is 13.4. The van der Waals surface area contributed by atoms with Crippen molar-refractivity contribution in [2.75, 3.05) is 26.4 Å². The molecule has 3 aliphatic heterocycles. The molecule has 3 aliphatic rings. The van der Waals surface area contributed by atoms with Gasteiger partial charge in [0.25, 0.3) is 0 Å². The van der Waals surface area contributed by atoms with Gasteiger partial charge in [0.05, 0.1) is 38.6 Å². The Kier molecular flexibility index (Phi) is 50.1. The molecule has 96 heavy (non-hydrogen) atoms. The Morgan fingerprint density at radius 1 is 0.385 bits per heavy atom. The van der Waals surface area contributed by atoms with Gasteiger partial charge in [-0.2, -0.15) is 0 Å². The number of carbonyl (C=O) groups is 1. The van der Waals surface area contributed by atoms with Crippen LogP contribution in [0.2, 0.25) is 0 Å². The molecule has 19 nitrogen and oxygen atoms in total. The lowest BCUT2D eigenvalue weighted by Gasteiger charge is -2.48. The van der Waals surface area contributed by atoms with Gasteiger partial charge in [-0.1, -0.05) is 230 Å². The number of ether oxygens (including phenoxy) is 6. The lowest BCUT2D eigenvalue weighted by molar-refractivity contribution is -0.379. The topological polar surface area (TPSA) is 307 Å². The number of unbranched alkanes of at least 4 members (excludes halogenated alkanes) is 12. The van der Waals surface area contributed by atoms with Gasteiger partial charge in [-0.3, -0.25) is 4.79 Å². The highest BCUT2D eigenvalue weighted by molar-refractivity contribution is 5.76. The fourth-order valence-electron chi connectivity index (χ4n) is 10.8. The first-order chi connectivity index (χ1) is 46.8. The minimum Gasteiger partial charge on any atom is -0.394 e. The number of aliphatic hydroxyl groups is 11. The summed E-state index contributed by atoms with van der Waals surface area (Å²) in [4.78, 5) is 13.4. The van der Waals surface area contributed by atoms with Crippen molar-refractivity contribution in [1.29, 1.82) is 0 Å². The fraction of sp³-hybridized carbons (Fsp3) is 0.649. The van der Waals surface area contributed by atoms with E-state index in [0.29, 0.717) is 6.42 Å². The van der Waals surface area contributed by atoms with E-state index < -0.39 is 124 Å².